The summed E-state index contributed by atoms with van der Waals surface area (Å²) in [6.07, 6.45) is 4.55. The Kier molecular flexibility index (Phi) is 3.72. The zero-order valence-corrected chi connectivity index (χ0v) is 12.1. The number of thiazole rings is 2. The van der Waals surface area contributed by atoms with Gasteiger partial charge >= 0.3 is 0 Å². The predicted octanol–water partition coefficient (Wildman–Crippen LogP) is 3.29. The van der Waals surface area contributed by atoms with Gasteiger partial charge in [0.1, 0.15) is 0 Å². The van der Waals surface area contributed by atoms with Crippen molar-refractivity contribution in [1.29, 1.82) is 0 Å². The standard InChI is InChI=1S/C13H17N3S2/c1-10-5-14-13(18-10)11-3-2-4-16(6-11)7-12-8-17-9-15-12/h5,8-9,11H,2-4,6-7H2,1H3/t11-/m0/s1. The molecule has 3 rings (SSSR count). The predicted molar refractivity (Wildman–Crippen MR) is 76.2 cm³/mol. The van der Waals surface area contributed by atoms with Crippen LogP contribution in [0.15, 0.2) is 17.1 Å². The highest BCUT2D eigenvalue weighted by molar-refractivity contribution is 7.11. The molecule has 3 nitrogen and oxygen atoms in total. The van der Waals surface area contributed by atoms with Crippen LogP contribution in [0, 0.1) is 6.92 Å². The number of likely N-dealkylation sites (tertiary alicyclic amines) is 1. The normalized spacial score (nSPS) is 21.3. The fourth-order valence-electron chi connectivity index (χ4n) is 2.51. The molecular weight excluding hydrogens is 262 g/mol. The molecule has 0 radical (unpaired) electrons. The average Bonchev–Trinajstić information content (AvgIpc) is 3.01. The Labute approximate surface area is 116 Å². The Bertz CT molecular complexity index is 492. The molecule has 0 spiro atoms. The van der Waals surface area contributed by atoms with E-state index in [0.29, 0.717) is 5.92 Å². The first-order valence-corrected chi connectivity index (χ1v) is 8.09. The van der Waals surface area contributed by atoms with Gasteiger partial charge in [0.2, 0.25) is 0 Å². The van der Waals surface area contributed by atoms with E-state index in [1.165, 1.54) is 35.0 Å². The minimum absolute atomic E-state index is 0.621. The monoisotopic (exact) mass is 279 g/mol. The van der Waals surface area contributed by atoms with Gasteiger partial charge in [0.05, 0.1) is 16.2 Å². The van der Waals surface area contributed by atoms with Crippen LogP contribution >= 0.6 is 22.7 Å². The molecule has 1 atom stereocenters. The molecule has 0 amide bonds. The van der Waals surface area contributed by atoms with E-state index in [2.05, 4.69) is 27.2 Å². The largest absolute Gasteiger partial charge is 0.297 e. The van der Waals surface area contributed by atoms with E-state index in [-0.39, 0.29) is 0 Å². The third kappa shape index (κ3) is 2.79. The SMILES string of the molecule is Cc1cnc([C@H]2CCCN(Cc3cscn3)C2)s1. The minimum atomic E-state index is 0.621. The number of rotatable bonds is 3. The van der Waals surface area contributed by atoms with Crippen molar-refractivity contribution in [3.63, 3.8) is 0 Å². The summed E-state index contributed by atoms with van der Waals surface area (Å²) in [5, 5.41) is 3.47. The Morgan fingerprint density at radius 1 is 1.44 bits per heavy atom. The molecule has 18 heavy (non-hydrogen) atoms. The van der Waals surface area contributed by atoms with Crippen LogP contribution in [0.2, 0.25) is 0 Å². The number of nitrogens with zero attached hydrogens (tertiary/aromatic N) is 3. The first-order valence-electron chi connectivity index (χ1n) is 6.33. The maximum absolute atomic E-state index is 4.55. The zero-order chi connectivity index (χ0) is 12.4. The van der Waals surface area contributed by atoms with Gasteiger partial charge in [-0.3, -0.25) is 4.90 Å². The minimum Gasteiger partial charge on any atom is -0.297 e. The molecule has 0 aromatic carbocycles. The third-order valence-corrected chi connectivity index (χ3v) is 5.07. The molecule has 3 heterocycles. The fourth-order valence-corrected chi connectivity index (χ4v) is 3.96. The highest BCUT2D eigenvalue weighted by atomic mass is 32.1. The van der Waals surface area contributed by atoms with E-state index in [9.17, 15) is 0 Å². The molecule has 5 heteroatoms. The number of aromatic nitrogens is 2. The number of piperidine rings is 1. The van der Waals surface area contributed by atoms with Crippen molar-refractivity contribution in [1.82, 2.24) is 14.9 Å². The summed E-state index contributed by atoms with van der Waals surface area (Å²) < 4.78 is 0. The van der Waals surface area contributed by atoms with Crippen molar-refractivity contribution in [3.05, 3.63) is 32.7 Å². The van der Waals surface area contributed by atoms with Gasteiger partial charge in [0.25, 0.3) is 0 Å². The number of hydrogen-bond acceptors (Lipinski definition) is 5. The first kappa shape index (κ1) is 12.3. The van der Waals surface area contributed by atoms with Crippen LogP contribution in [0.3, 0.4) is 0 Å². The molecule has 1 aliphatic rings. The van der Waals surface area contributed by atoms with Crippen molar-refractivity contribution in [2.75, 3.05) is 13.1 Å². The molecular formula is C13H17N3S2. The molecule has 1 fully saturated rings. The Balaban J connectivity index is 1.65. The molecule has 0 N–H and O–H groups in total. The second kappa shape index (κ2) is 5.47. The average molecular weight is 279 g/mol. The zero-order valence-electron chi connectivity index (χ0n) is 10.5. The van der Waals surface area contributed by atoms with Crippen molar-refractivity contribution in [3.8, 4) is 0 Å². The highest BCUT2D eigenvalue weighted by Gasteiger charge is 2.23. The maximum Gasteiger partial charge on any atom is 0.0971 e. The second-order valence-electron chi connectivity index (χ2n) is 4.86. The first-order chi connectivity index (χ1) is 8.81. The summed E-state index contributed by atoms with van der Waals surface area (Å²) in [4.78, 5) is 12.8. The third-order valence-electron chi connectivity index (χ3n) is 3.36. The van der Waals surface area contributed by atoms with E-state index in [4.69, 9.17) is 0 Å². The van der Waals surface area contributed by atoms with Crippen LogP contribution in [0.25, 0.3) is 0 Å². The lowest BCUT2D eigenvalue weighted by Crippen LogP contribution is -2.33. The Morgan fingerprint density at radius 3 is 3.11 bits per heavy atom. The fraction of sp³-hybridized carbons (Fsp3) is 0.538. The molecule has 96 valence electrons. The summed E-state index contributed by atoms with van der Waals surface area (Å²) >= 11 is 3.53. The topological polar surface area (TPSA) is 29.0 Å². The summed E-state index contributed by atoms with van der Waals surface area (Å²) in [6, 6.07) is 0. The van der Waals surface area contributed by atoms with Gasteiger partial charge in [-0.15, -0.1) is 22.7 Å². The second-order valence-corrected chi connectivity index (χ2v) is 6.85. The maximum atomic E-state index is 4.55. The van der Waals surface area contributed by atoms with Gasteiger partial charge in [0.15, 0.2) is 0 Å². The van der Waals surface area contributed by atoms with Gasteiger partial charge in [-0.1, -0.05) is 0 Å². The van der Waals surface area contributed by atoms with Crippen molar-refractivity contribution < 1.29 is 0 Å². The van der Waals surface area contributed by atoms with Crippen LogP contribution in [0.4, 0.5) is 0 Å². The van der Waals surface area contributed by atoms with E-state index in [0.717, 1.165) is 13.1 Å². The number of hydrogen-bond donors (Lipinski definition) is 0. The summed E-state index contributed by atoms with van der Waals surface area (Å²) in [6.45, 7) is 5.45. The molecule has 2 aromatic rings. The van der Waals surface area contributed by atoms with E-state index in [1.54, 1.807) is 11.3 Å². The quantitative estimate of drug-likeness (QED) is 0.863. The summed E-state index contributed by atoms with van der Waals surface area (Å²) in [5.41, 5.74) is 3.12. The van der Waals surface area contributed by atoms with Gasteiger partial charge < -0.3 is 0 Å². The van der Waals surface area contributed by atoms with E-state index >= 15 is 0 Å². The van der Waals surface area contributed by atoms with Crippen LogP contribution in [-0.4, -0.2) is 28.0 Å². The number of aryl methyl sites for hydroxylation is 1. The van der Waals surface area contributed by atoms with E-state index in [1.807, 2.05) is 23.0 Å². The van der Waals surface area contributed by atoms with Gasteiger partial charge in [0, 0.05) is 35.5 Å². The molecule has 1 aliphatic heterocycles. The molecule has 1 saturated heterocycles. The van der Waals surface area contributed by atoms with Crippen molar-refractivity contribution in [2.24, 2.45) is 0 Å². The molecule has 0 bridgehead atoms. The Hall–Kier alpha value is -0.780. The lowest BCUT2D eigenvalue weighted by molar-refractivity contribution is 0.198. The van der Waals surface area contributed by atoms with Gasteiger partial charge in [-0.05, 0) is 26.3 Å². The smallest absolute Gasteiger partial charge is 0.0971 e. The van der Waals surface area contributed by atoms with Crippen LogP contribution in [0.1, 0.15) is 34.3 Å². The van der Waals surface area contributed by atoms with E-state index < -0.39 is 0 Å². The Morgan fingerprint density at radius 2 is 2.39 bits per heavy atom. The molecule has 0 aliphatic carbocycles. The lowest BCUT2D eigenvalue weighted by atomic mass is 9.99. The van der Waals surface area contributed by atoms with Crippen molar-refractivity contribution >= 4 is 22.7 Å². The molecule has 2 aromatic heterocycles. The summed E-state index contributed by atoms with van der Waals surface area (Å²) in [7, 11) is 0. The highest BCUT2D eigenvalue weighted by Crippen LogP contribution is 2.30. The molecule has 0 unspecified atom stereocenters. The van der Waals surface area contributed by atoms with Crippen LogP contribution in [0.5, 0.6) is 0 Å². The van der Waals surface area contributed by atoms with Crippen molar-refractivity contribution in [2.45, 2.75) is 32.2 Å². The van der Waals surface area contributed by atoms with Gasteiger partial charge in [-0.25, -0.2) is 9.97 Å². The van der Waals surface area contributed by atoms with Crippen LogP contribution in [-0.2, 0) is 6.54 Å². The van der Waals surface area contributed by atoms with Gasteiger partial charge in [-0.2, -0.15) is 0 Å². The molecule has 0 saturated carbocycles. The lowest BCUT2D eigenvalue weighted by Gasteiger charge is -2.31. The van der Waals surface area contributed by atoms with Crippen LogP contribution < -0.4 is 0 Å². The summed E-state index contributed by atoms with van der Waals surface area (Å²) in [5.74, 6) is 0.621.